The van der Waals surface area contributed by atoms with Crippen LogP contribution in [0.25, 0.3) is 0 Å². The molecule has 1 atom stereocenters. The topological polar surface area (TPSA) is 12.0 Å². The fourth-order valence-electron chi connectivity index (χ4n) is 3.77. The Morgan fingerprint density at radius 3 is 2.59 bits per heavy atom. The van der Waals surface area contributed by atoms with Crippen LogP contribution in [0.1, 0.15) is 65.2 Å². The van der Waals surface area contributed by atoms with E-state index in [4.69, 9.17) is 0 Å². The molecule has 0 aromatic rings. The minimum atomic E-state index is 0.624. The molecule has 0 bridgehead atoms. The Labute approximate surface area is 107 Å². The van der Waals surface area contributed by atoms with Gasteiger partial charge in [-0.15, -0.1) is 0 Å². The van der Waals surface area contributed by atoms with Gasteiger partial charge in [0.25, 0.3) is 0 Å². The number of nitrogens with one attached hydrogen (secondary N) is 1. The van der Waals surface area contributed by atoms with E-state index in [9.17, 15) is 0 Å². The second-order valence-corrected chi connectivity index (χ2v) is 6.65. The lowest BCUT2D eigenvalue weighted by molar-refractivity contribution is 0.217. The van der Waals surface area contributed by atoms with Crippen LogP contribution >= 0.6 is 0 Å². The fraction of sp³-hybridized carbons (Fsp3) is 0.875. The van der Waals surface area contributed by atoms with Crippen LogP contribution in [-0.4, -0.2) is 12.6 Å². The molecule has 1 heteroatoms. The van der Waals surface area contributed by atoms with Crippen LogP contribution in [0.4, 0.5) is 0 Å². The molecule has 2 aliphatic rings. The maximum absolute atomic E-state index is 3.82. The third-order valence-corrected chi connectivity index (χ3v) is 4.50. The first kappa shape index (κ1) is 13.1. The van der Waals surface area contributed by atoms with E-state index in [1.54, 1.807) is 0 Å². The van der Waals surface area contributed by atoms with Gasteiger partial charge in [-0.3, -0.25) is 0 Å². The van der Waals surface area contributed by atoms with Crippen LogP contribution in [0, 0.1) is 11.3 Å². The number of hydrogen-bond donors (Lipinski definition) is 1. The average Bonchev–Trinajstić information content (AvgIpc) is 2.76. The van der Waals surface area contributed by atoms with Crippen LogP contribution in [0.3, 0.4) is 0 Å². The molecule has 0 radical (unpaired) electrons. The fourth-order valence-corrected chi connectivity index (χ4v) is 3.77. The molecule has 1 N–H and O–H groups in total. The summed E-state index contributed by atoms with van der Waals surface area (Å²) in [7, 11) is 0. The molecule has 0 amide bonds. The molecular formula is C16H29N. The molecule has 0 heterocycles. The van der Waals surface area contributed by atoms with Gasteiger partial charge in [0.2, 0.25) is 0 Å². The maximum Gasteiger partial charge on any atom is 0.0250 e. The Bertz CT molecular complexity index is 248. The van der Waals surface area contributed by atoms with Gasteiger partial charge in [0, 0.05) is 12.6 Å². The van der Waals surface area contributed by atoms with Crippen molar-refractivity contribution in [3.8, 4) is 0 Å². The summed E-state index contributed by atoms with van der Waals surface area (Å²) in [4.78, 5) is 0. The molecule has 0 aromatic heterocycles. The van der Waals surface area contributed by atoms with Crippen molar-refractivity contribution in [2.45, 2.75) is 71.3 Å². The highest BCUT2D eigenvalue weighted by Gasteiger charge is 2.34. The predicted octanol–water partition coefficient (Wildman–Crippen LogP) is 4.29. The molecule has 0 aromatic carbocycles. The lowest BCUT2D eigenvalue weighted by Crippen LogP contribution is -2.39. The summed E-state index contributed by atoms with van der Waals surface area (Å²) in [5.74, 6) is 0.844. The van der Waals surface area contributed by atoms with Crippen LogP contribution in [0.5, 0.6) is 0 Å². The van der Waals surface area contributed by atoms with E-state index in [0.717, 1.165) is 5.92 Å². The minimum absolute atomic E-state index is 0.624. The summed E-state index contributed by atoms with van der Waals surface area (Å²) in [5.41, 5.74) is 0.624. The first-order valence-electron chi connectivity index (χ1n) is 7.60. The van der Waals surface area contributed by atoms with E-state index in [2.05, 4.69) is 31.3 Å². The van der Waals surface area contributed by atoms with Crippen molar-refractivity contribution in [3.63, 3.8) is 0 Å². The third-order valence-electron chi connectivity index (χ3n) is 4.50. The molecule has 98 valence electrons. The van der Waals surface area contributed by atoms with Crippen LogP contribution in [0.15, 0.2) is 12.2 Å². The first-order chi connectivity index (χ1) is 8.20. The van der Waals surface area contributed by atoms with Crippen molar-refractivity contribution >= 4 is 0 Å². The summed E-state index contributed by atoms with van der Waals surface area (Å²) >= 11 is 0. The molecule has 1 nitrogen and oxygen atoms in total. The van der Waals surface area contributed by atoms with Crippen molar-refractivity contribution in [2.75, 3.05) is 6.54 Å². The van der Waals surface area contributed by atoms with Gasteiger partial charge in [-0.05, 0) is 49.9 Å². The lowest BCUT2D eigenvalue weighted by Gasteiger charge is -2.33. The van der Waals surface area contributed by atoms with Crippen molar-refractivity contribution in [1.29, 1.82) is 0 Å². The summed E-state index contributed by atoms with van der Waals surface area (Å²) < 4.78 is 0. The Morgan fingerprint density at radius 2 is 2.00 bits per heavy atom. The zero-order chi connectivity index (χ0) is 12.1. The highest BCUT2D eigenvalue weighted by Crippen LogP contribution is 2.42. The normalized spacial score (nSPS) is 27.8. The van der Waals surface area contributed by atoms with Gasteiger partial charge in [0.1, 0.15) is 0 Å². The summed E-state index contributed by atoms with van der Waals surface area (Å²) in [6, 6.07) is 0.661. The highest BCUT2D eigenvalue weighted by atomic mass is 14.9. The SMILES string of the molecule is CC(C)CC1(CNC2C=CCCC2)CCCC1. The van der Waals surface area contributed by atoms with Crippen LogP contribution in [0.2, 0.25) is 0 Å². The Kier molecular flexibility index (Phi) is 4.67. The largest absolute Gasteiger partial charge is 0.310 e. The van der Waals surface area contributed by atoms with Crippen LogP contribution in [-0.2, 0) is 0 Å². The van der Waals surface area contributed by atoms with Crippen molar-refractivity contribution in [3.05, 3.63) is 12.2 Å². The van der Waals surface area contributed by atoms with Crippen molar-refractivity contribution in [1.82, 2.24) is 5.32 Å². The van der Waals surface area contributed by atoms with Gasteiger partial charge in [-0.25, -0.2) is 0 Å². The smallest absolute Gasteiger partial charge is 0.0250 e. The van der Waals surface area contributed by atoms with E-state index < -0.39 is 0 Å². The van der Waals surface area contributed by atoms with Crippen molar-refractivity contribution in [2.24, 2.45) is 11.3 Å². The van der Waals surface area contributed by atoms with E-state index >= 15 is 0 Å². The molecule has 2 rings (SSSR count). The summed E-state index contributed by atoms with van der Waals surface area (Å²) in [6.07, 6.45) is 16.0. The summed E-state index contributed by atoms with van der Waals surface area (Å²) in [6.45, 7) is 6.00. The van der Waals surface area contributed by atoms with Gasteiger partial charge < -0.3 is 5.32 Å². The van der Waals surface area contributed by atoms with Gasteiger partial charge in [0.05, 0.1) is 0 Å². The Hall–Kier alpha value is -0.300. The molecule has 0 aliphatic heterocycles. The van der Waals surface area contributed by atoms with Gasteiger partial charge in [0.15, 0.2) is 0 Å². The highest BCUT2D eigenvalue weighted by molar-refractivity contribution is 4.99. The van der Waals surface area contributed by atoms with E-state index in [0.29, 0.717) is 11.5 Å². The first-order valence-corrected chi connectivity index (χ1v) is 7.60. The monoisotopic (exact) mass is 235 g/mol. The van der Waals surface area contributed by atoms with E-state index in [-0.39, 0.29) is 0 Å². The average molecular weight is 235 g/mol. The van der Waals surface area contributed by atoms with Gasteiger partial charge in [-0.1, -0.05) is 38.8 Å². The zero-order valence-electron chi connectivity index (χ0n) is 11.7. The predicted molar refractivity (Wildman–Crippen MR) is 75.1 cm³/mol. The Balaban J connectivity index is 1.84. The van der Waals surface area contributed by atoms with Crippen molar-refractivity contribution < 1.29 is 0 Å². The summed E-state index contributed by atoms with van der Waals surface area (Å²) in [5, 5.41) is 3.82. The Morgan fingerprint density at radius 1 is 1.24 bits per heavy atom. The quantitative estimate of drug-likeness (QED) is 0.701. The minimum Gasteiger partial charge on any atom is -0.310 e. The van der Waals surface area contributed by atoms with Crippen LogP contribution < -0.4 is 5.32 Å². The molecule has 0 spiro atoms. The molecule has 1 unspecified atom stereocenters. The van der Waals surface area contributed by atoms with Gasteiger partial charge >= 0.3 is 0 Å². The molecular weight excluding hydrogens is 206 g/mol. The molecule has 1 fully saturated rings. The standard InChI is InChI=1S/C16H29N/c1-14(2)12-16(10-6-7-11-16)13-17-15-8-4-3-5-9-15/h4,8,14-15,17H,3,5-7,9-13H2,1-2H3. The number of hydrogen-bond acceptors (Lipinski definition) is 1. The lowest BCUT2D eigenvalue weighted by atomic mass is 9.78. The molecule has 17 heavy (non-hydrogen) atoms. The molecule has 2 aliphatic carbocycles. The van der Waals surface area contributed by atoms with Gasteiger partial charge in [-0.2, -0.15) is 0 Å². The molecule has 0 saturated heterocycles. The second-order valence-electron chi connectivity index (χ2n) is 6.65. The number of allylic oxidation sites excluding steroid dienone is 1. The van der Waals surface area contributed by atoms with E-state index in [1.165, 1.54) is 57.9 Å². The zero-order valence-corrected chi connectivity index (χ0v) is 11.7. The van der Waals surface area contributed by atoms with E-state index in [1.807, 2.05) is 0 Å². The third kappa shape index (κ3) is 3.84. The maximum atomic E-state index is 3.82. The second kappa shape index (κ2) is 6.04. The molecule has 1 saturated carbocycles. The number of rotatable bonds is 5.